The molecule has 4 nitrogen and oxygen atoms in total. The summed E-state index contributed by atoms with van der Waals surface area (Å²) in [4.78, 5) is 14.1. The lowest BCUT2D eigenvalue weighted by atomic mass is 10.2. The van der Waals surface area contributed by atoms with E-state index in [1.54, 1.807) is 0 Å². The molecule has 1 rings (SSSR count). The number of benzene rings is 1. The molecule has 1 aromatic rings. The molecule has 19 heavy (non-hydrogen) atoms. The number of carbonyl (C=O) groups is 1. The van der Waals surface area contributed by atoms with Gasteiger partial charge in [-0.3, -0.25) is 4.79 Å². The Morgan fingerprint density at radius 3 is 2.63 bits per heavy atom. The lowest BCUT2D eigenvalue weighted by Gasteiger charge is -2.21. The van der Waals surface area contributed by atoms with E-state index in [1.807, 2.05) is 7.05 Å². The second-order valence-corrected chi connectivity index (χ2v) is 5.48. The zero-order valence-electron chi connectivity index (χ0n) is 11.3. The Labute approximate surface area is 123 Å². The molecule has 1 amide bonds. The van der Waals surface area contributed by atoms with Crippen molar-refractivity contribution in [2.75, 3.05) is 25.9 Å². The van der Waals surface area contributed by atoms with Crippen LogP contribution in [0.15, 0.2) is 12.1 Å². The molecule has 0 aromatic heterocycles. The normalized spacial score (nSPS) is 11.1. The van der Waals surface area contributed by atoms with Crippen LogP contribution in [0.2, 0.25) is 10.0 Å². The first-order valence-corrected chi connectivity index (χ1v) is 6.81. The summed E-state index contributed by atoms with van der Waals surface area (Å²) < 4.78 is 0. The molecule has 0 atom stereocenters. The average molecular weight is 304 g/mol. The number of likely N-dealkylation sites (N-methyl/N-ethyl adjacent to an activating group) is 1. The zero-order valence-corrected chi connectivity index (χ0v) is 12.8. The molecule has 0 heterocycles. The maximum atomic E-state index is 12.0. The first kappa shape index (κ1) is 16.1. The van der Waals surface area contributed by atoms with Crippen LogP contribution < -0.4 is 11.1 Å². The van der Waals surface area contributed by atoms with Gasteiger partial charge in [0.25, 0.3) is 5.91 Å². The highest BCUT2D eigenvalue weighted by Crippen LogP contribution is 2.28. The fourth-order valence-electron chi connectivity index (χ4n) is 1.47. The fourth-order valence-corrected chi connectivity index (χ4v) is 1.90. The van der Waals surface area contributed by atoms with Gasteiger partial charge in [0.05, 0.1) is 15.6 Å². The van der Waals surface area contributed by atoms with E-state index < -0.39 is 0 Å². The summed E-state index contributed by atoms with van der Waals surface area (Å²) in [6, 6.07) is 3.48. The second-order valence-electron chi connectivity index (χ2n) is 4.69. The molecule has 0 aliphatic rings. The Balaban J connectivity index is 2.64. The van der Waals surface area contributed by atoms with Gasteiger partial charge in [-0.2, -0.15) is 0 Å². The molecule has 0 unspecified atom stereocenters. The van der Waals surface area contributed by atoms with Gasteiger partial charge < -0.3 is 16.0 Å². The van der Waals surface area contributed by atoms with Crippen molar-refractivity contribution in [2.45, 2.75) is 19.9 Å². The number of rotatable bonds is 5. The molecule has 0 radical (unpaired) electrons. The number of halogens is 2. The third-order valence-corrected chi connectivity index (χ3v) is 3.73. The van der Waals surface area contributed by atoms with Crippen LogP contribution in [0.1, 0.15) is 24.2 Å². The third-order valence-electron chi connectivity index (χ3n) is 2.93. The number of nitrogen functional groups attached to an aromatic ring is 1. The fraction of sp³-hybridized carbons (Fsp3) is 0.462. The van der Waals surface area contributed by atoms with Gasteiger partial charge in [0, 0.05) is 24.8 Å². The van der Waals surface area contributed by atoms with Gasteiger partial charge in [-0.1, -0.05) is 23.2 Å². The Morgan fingerprint density at radius 1 is 1.42 bits per heavy atom. The van der Waals surface area contributed by atoms with Crippen molar-refractivity contribution < 1.29 is 4.79 Å². The minimum Gasteiger partial charge on any atom is -0.399 e. The van der Waals surface area contributed by atoms with E-state index in [4.69, 9.17) is 28.9 Å². The van der Waals surface area contributed by atoms with Gasteiger partial charge in [-0.05, 0) is 33.0 Å². The molecular formula is C13H19Cl2N3O. The summed E-state index contributed by atoms with van der Waals surface area (Å²) in [6.07, 6.45) is 0. The molecule has 0 spiro atoms. The second kappa shape index (κ2) is 6.98. The smallest absolute Gasteiger partial charge is 0.252 e. The van der Waals surface area contributed by atoms with Gasteiger partial charge >= 0.3 is 0 Å². The summed E-state index contributed by atoms with van der Waals surface area (Å²) in [5.41, 5.74) is 6.37. The average Bonchev–Trinajstić information content (AvgIpc) is 2.33. The zero-order chi connectivity index (χ0) is 14.6. The highest BCUT2D eigenvalue weighted by Gasteiger charge is 2.14. The van der Waals surface area contributed by atoms with Crippen molar-refractivity contribution in [1.29, 1.82) is 0 Å². The van der Waals surface area contributed by atoms with E-state index in [2.05, 4.69) is 24.1 Å². The number of nitrogens with zero attached hydrogens (tertiary/aromatic N) is 1. The predicted molar refractivity (Wildman–Crippen MR) is 81.0 cm³/mol. The molecule has 0 bridgehead atoms. The van der Waals surface area contributed by atoms with E-state index in [0.717, 1.165) is 6.54 Å². The molecule has 3 N–H and O–H groups in total. The largest absolute Gasteiger partial charge is 0.399 e. The number of hydrogen-bond donors (Lipinski definition) is 2. The van der Waals surface area contributed by atoms with E-state index in [9.17, 15) is 4.79 Å². The van der Waals surface area contributed by atoms with Crippen LogP contribution in [0, 0.1) is 0 Å². The van der Waals surface area contributed by atoms with Crippen molar-refractivity contribution in [3.05, 3.63) is 27.7 Å². The first-order chi connectivity index (χ1) is 8.82. The summed E-state index contributed by atoms with van der Waals surface area (Å²) >= 11 is 11.9. The summed E-state index contributed by atoms with van der Waals surface area (Å²) in [5, 5.41) is 3.31. The van der Waals surface area contributed by atoms with Gasteiger partial charge in [0.15, 0.2) is 0 Å². The van der Waals surface area contributed by atoms with Gasteiger partial charge in [-0.15, -0.1) is 0 Å². The predicted octanol–water partition coefficient (Wildman–Crippen LogP) is 2.65. The topological polar surface area (TPSA) is 58.4 Å². The lowest BCUT2D eigenvalue weighted by Crippen LogP contribution is -2.36. The molecule has 6 heteroatoms. The van der Waals surface area contributed by atoms with Crippen LogP contribution >= 0.6 is 23.2 Å². The van der Waals surface area contributed by atoms with Crippen molar-refractivity contribution in [2.24, 2.45) is 0 Å². The molecule has 0 aliphatic carbocycles. The Hall–Kier alpha value is -0.970. The van der Waals surface area contributed by atoms with Crippen LogP contribution in [-0.2, 0) is 0 Å². The highest BCUT2D eigenvalue weighted by molar-refractivity contribution is 6.44. The minimum atomic E-state index is -0.267. The standard InChI is InChI=1S/C13H19Cl2N3O/c1-8(2)18(3)5-4-17-13(19)10-6-9(16)7-11(14)12(10)15/h6-8H,4-5,16H2,1-3H3,(H,17,19). The lowest BCUT2D eigenvalue weighted by molar-refractivity contribution is 0.0948. The van der Waals surface area contributed by atoms with E-state index >= 15 is 0 Å². The van der Waals surface area contributed by atoms with Gasteiger partial charge in [0.1, 0.15) is 0 Å². The Kier molecular flexibility index (Phi) is 5.91. The van der Waals surface area contributed by atoms with Crippen LogP contribution in [-0.4, -0.2) is 37.0 Å². The van der Waals surface area contributed by atoms with E-state index in [0.29, 0.717) is 23.8 Å². The minimum absolute atomic E-state index is 0.227. The van der Waals surface area contributed by atoms with Gasteiger partial charge in [-0.25, -0.2) is 0 Å². The van der Waals surface area contributed by atoms with Crippen molar-refractivity contribution in [3.63, 3.8) is 0 Å². The molecular weight excluding hydrogens is 285 g/mol. The molecule has 106 valence electrons. The van der Waals surface area contributed by atoms with Crippen molar-refractivity contribution >= 4 is 34.8 Å². The van der Waals surface area contributed by atoms with Crippen molar-refractivity contribution in [3.8, 4) is 0 Å². The number of anilines is 1. The number of hydrogen-bond acceptors (Lipinski definition) is 3. The molecule has 0 aliphatic heterocycles. The molecule has 0 saturated heterocycles. The van der Waals surface area contributed by atoms with Crippen LogP contribution in [0.4, 0.5) is 5.69 Å². The number of nitrogens with one attached hydrogen (secondary N) is 1. The van der Waals surface area contributed by atoms with Crippen LogP contribution in [0.5, 0.6) is 0 Å². The quantitative estimate of drug-likeness (QED) is 0.822. The first-order valence-electron chi connectivity index (χ1n) is 6.06. The maximum Gasteiger partial charge on any atom is 0.252 e. The van der Waals surface area contributed by atoms with Crippen LogP contribution in [0.3, 0.4) is 0 Å². The number of carbonyl (C=O) groups excluding carboxylic acids is 1. The highest BCUT2D eigenvalue weighted by atomic mass is 35.5. The van der Waals surface area contributed by atoms with E-state index in [-0.39, 0.29) is 16.0 Å². The maximum absolute atomic E-state index is 12.0. The Bertz CT molecular complexity index is 463. The summed E-state index contributed by atoms with van der Waals surface area (Å²) in [6.45, 7) is 5.49. The third kappa shape index (κ3) is 4.56. The molecule has 1 aromatic carbocycles. The SMILES string of the molecule is CC(C)N(C)CCNC(=O)c1cc(N)cc(Cl)c1Cl. The summed E-state index contributed by atoms with van der Waals surface area (Å²) in [5.74, 6) is -0.267. The molecule has 0 saturated carbocycles. The monoisotopic (exact) mass is 303 g/mol. The number of amides is 1. The van der Waals surface area contributed by atoms with Gasteiger partial charge in [0.2, 0.25) is 0 Å². The Morgan fingerprint density at radius 2 is 2.05 bits per heavy atom. The van der Waals surface area contributed by atoms with Crippen LogP contribution in [0.25, 0.3) is 0 Å². The van der Waals surface area contributed by atoms with E-state index in [1.165, 1.54) is 12.1 Å². The molecule has 0 fully saturated rings. The summed E-state index contributed by atoms with van der Waals surface area (Å²) in [7, 11) is 2.00. The van der Waals surface area contributed by atoms with Crippen molar-refractivity contribution in [1.82, 2.24) is 10.2 Å². The number of nitrogens with two attached hydrogens (primary N) is 1.